The van der Waals surface area contributed by atoms with Gasteiger partial charge in [-0.15, -0.1) is 0 Å². The molecule has 0 amide bonds. The van der Waals surface area contributed by atoms with Crippen molar-refractivity contribution in [3.8, 4) is 17.5 Å². The number of ether oxygens (including phenoxy) is 3. The van der Waals surface area contributed by atoms with Crippen LogP contribution in [0.4, 0.5) is 13.2 Å². The maximum Gasteiger partial charge on any atom is 0.416 e. The van der Waals surface area contributed by atoms with Gasteiger partial charge in [-0.2, -0.15) is 18.2 Å². The molecule has 0 radical (unpaired) electrons. The fraction of sp³-hybridized carbons (Fsp3) is 0.200. The molecule has 6 nitrogen and oxygen atoms in total. The highest BCUT2D eigenvalue weighted by atomic mass is 19.4. The average Bonchev–Trinajstić information content (AvgIpc) is 3.11. The minimum Gasteiger partial charge on any atom is -0.451 e. The van der Waals surface area contributed by atoms with Crippen LogP contribution in [-0.4, -0.2) is 21.9 Å². The van der Waals surface area contributed by atoms with E-state index in [1.54, 1.807) is 35.0 Å². The normalized spacial score (nSPS) is 16.6. The largest absolute Gasteiger partial charge is 0.451 e. The first-order chi connectivity index (χ1) is 13.9. The van der Waals surface area contributed by atoms with Gasteiger partial charge in [0.1, 0.15) is 11.5 Å². The smallest absolute Gasteiger partial charge is 0.416 e. The number of halogens is 3. The number of rotatable bonds is 5. The van der Waals surface area contributed by atoms with Crippen LogP contribution < -0.4 is 19.8 Å². The van der Waals surface area contributed by atoms with Crippen molar-refractivity contribution in [2.45, 2.75) is 25.1 Å². The molecule has 150 valence electrons. The fourth-order valence-electron chi connectivity index (χ4n) is 2.82. The second-order valence-corrected chi connectivity index (χ2v) is 6.30. The molecule has 1 aliphatic rings. The van der Waals surface area contributed by atoms with E-state index in [-0.39, 0.29) is 11.8 Å². The number of fused-ring (bicyclic) bond motifs is 1. The molecule has 0 spiro atoms. The molecular weight excluding hydrogens is 389 g/mol. The van der Waals surface area contributed by atoms with Crippen molar-refractivity contribution in [3.05, 3.63) is 82.8 Å². The molecule has 2 heterocycles. The van der Waals surface area contributed by atoms with Gasteiger partial charge in [0.05, 0.1) is 12.1 Å². The molecule has 1 aliphatic heterocycles. The predicted molar refractivity (Wildman–Crippen MR) is 95.8 cm³/mol. The summed E-state index contributed by atoms with van der Waals surface area (Å²) in [6.07, 6.45) is -4.56. The molecule has 0 bridgehead atoms. The Morgan fingerprint density at radius 3 is 2.31 bits per heavy atom. The topological polar surface area (TPSA) is 62.6 Å². The van der Waals surface area contributed by atoms with Crippen LogP contribution in [0.3, 0.4) is 0 Å². The minimum atomic E-state index is -4.44. The lowest BCUT2D eigenvalue weighted by molar-refractivity contribution is -0.137. The standard InChI is InChI=1S/C20H15F3N2O4/c21-20(22,23)13-6-8-15(9-7-13)28-18(27-14-4-2-1-3-5-14)16-12-25-11-10-17(26)24-19(25)29-16/h1-11,16,18H,12H2/t16?,18-/m0/s1. The van der Waals surface area contributed by atoms with Gasteiger partial charge in [0.2, 0.25) is 0 Å². The SMILES string of the molecule is O=c1ccn2c(n1)OC([C@@H](Oc1ccccc1)Oc1ccc(C(F)(F)F)cc1)C2. The van der Waals surface area contributed by atoms with Crippen LogP contribution in [0.1, 0.15) is 5.56 Å². The second-order valence-electron chi connectivity index (χ2n) is 6.30. The van der Waals surface area contributed by atoms with Gasteiger partial charge in [-0.3, -0.25) is 9.36 Å². The summed E-state index contributed by atoms with van der Waals surface area (Å²) in [4.78, 5) is 15.2. The lowest BCUT2D eigenvalue weighted by Crippen LogP contribution is -2.40. The highest BCUT2D eigenvalue weighted by Gasteiger charge is 2.35. The summed E-state index contributed by atoms with van der Waals surface area (Å²) >= 11 is 0. The summed E-state index contributed by atoms with van der Waals surface area (Å²) in [6, 6.07) is 14.5. The number of hydrogen-bond acceptors (Lipinski definition) is 5. The number of nitrogens with zero attached hydrogens (tertiary/aromatic N) is 2. The van der Waals surface area contributed by atoms with Crippen LogP contribution in [0.25, 0.3) is 0 Å². The Bertz CT molecular complexity index is 1040. The van der Waals surface area contributed by atoms with Crippen LogP contribution in [-0.2, 0) is 12.7 Å². The van der Waals surface area contributed by atoms with Gasteiger partial charge in [-0.1, -0.05) is 18.2 Å². The molecule has 1 unspecified atom stereocenters. The maximum absolute atomic E-state index is 12.8. The quantitative estimate of drug-likeness (QED) is 0.609. The Balaban J connectivity index is 1.57. The first kappa shape index (κ1) is 18.9. The molecule has 0 aliphatic carbocycles. The summed E-state index contributed by atoms with van der Waals surface area (Å²) in [6.45, 7) is 0.292. The summed E-state index contributed by atoms with van der Waals surface area (Å²) in [5.41, 5.74) is -1.22. The maximum atomic E-state index is 12.8. The van der Waals surface area contributed by atoms with Gasteiger partial charge in [-0.05, 0) is 36.4 Å². The summed E-state index contributed by atoms with van der Waals surface area (Å²) < 4.78 is 57.3. The van der Waals surface area contributed by atoms with E-state index in [2.05, 4.69) is 4.98 Å². The summed E-state index contributed by atoms with van der Waals surface area (Å²) in [5.74, 6) is 0.674. The Hall–Kier alpha value is -3.49. The van der Waals surface area contributed by atoms with Gasteiger partial charge in [-0.25, -0.2) is 0 Å². The van der Waals surface area contributed by atoms with E-state index in [1.165, 1.54) is 18.2 Å². The Morgan fingerprint density at radius 2 is 1.66 bits per heavy atom. The molecule has 2 aromatic carbocycles. The second kappa shape index (κ2) is 7.50. The Labute approximate surface area is 163 Å². The van der Waals surface area contributed by atoms with Crippen molar-refractivity contribution in [2.24, 2.45) is 0 Å². The summed E-state index contributed by atoms with van der Waals surface area (Å²) in [7, 11) is 0. The molecule has 2 atom stereocenters. The van der Waals surface area contributed by atoms with Crippen LogP contribution in [0.2, 0.25) is 0 Å². The zero-order valence-corrected chi connectivity index (χ0v) is 14.9. The molecule has 1 aromatic heterocycles. The third kappa shape index (κ3) is 4.34. The highest BCUT2D eigenvalue weighted by molar-refractivity contribution is 5.29. The van der Waals surface area contributed by atoms with Gasteiger partial charge in [0, 0.05) is 12.3 Å². The third-order valence-corrected chi connectivity index (χ3v) is 4.21. The third-order valence-electron chi connectivity index (χ3n) is 4.21. The lowest BCUT2D eigenvalue weighted by atomic mass is 10.2. The minimum absolute atomic E-state index is 0.125. The van der Waals surface area contributed by atoms with E-state index in [0.717, 1.165) is 12.1 Å². The monoisotopic (exact) mass is 404 g/mol. The van der Waals surface area contributed by atoms with Gasteiger partial charge < -0.3 is 14.2 Å². The zero-order valence-electron chi connectivity index (χ0n) is 14.9. The number of para-hydroxylation sites is 1. The van der Waals surface area contributed by atoms with E-state index in [0.29, 0.717) is 12.3 Å². The van der Waals surface area contributed by atoms with Crippen molar-refractivity contribution in [3.63, 3.8) is 0 Å². The first-order valence-electron chi connectivity index (χ1n) is 8.68. The molecule has 3 aromatic rings. The average molecular weight is 404 g/mol. The first-order valence-corrected chi connectivity index (χ1v) is 8.68. The number of benzene rings is 2. The van der Waals surface area contributed by atoms with E-state index < -0.39 is 29.7 Å². The summed E-state index contributed by atoms with van der Waals surface area (Å²) in [5, 5.41) is 0. The molecule has 0 saturated carbocycles. The van der Waals surface area contributed by atoms with Crippen LogP contribution in [0.15, 0.2) is 71.7 Å². The van der Waals surface area contributed by atoms with Crippen molar-refractivity contribution in [1.82, 2.24) is 9.55 Å². The van der Waals surface area contributed by atoms with E-state index in [1.807, 2.05) is 6.07 Å². The van der Waals surface area contributed by atoms with E-state index in [9.17, 15) is 18.0 Å². The Kier molecular flexibility index (Phi) is 4.87. The van der Waals surface area contributed by atoms with Gasteiger partial charge in [0.15, 0.2) is 6.10 Å². The molecule has 29 heavy (non-hydrogen) atoms. The molecule has 4 rings (SSSR count). The van der Waals surface area contributed by atoms with Crippen molar-refractivity contribution in [2.75, 3.05) is 0 Å². The van der Waals surface area contributed by atoms with E-state index >= 15 is 0 Å². The van der Waals surface area contributed by atoms with Crippen molar-refractivity contribution < 1.29 is 27.4 Å². The number of hydrogen-bond donors (Lipinski definition) is 0. The van der Waals surface area contributed by atoms with Gasteiger partial charge >= 0.3 is 6.18 Å². The Morgan fingerprint density at radius 1 is 1.00 bits per heavy atom. The molecule has 9 heteroatoms. The van der Waals surface area contributed by atoms with Gasteiger partial charge in [0.25, 0.3) is 17.9 Å². The zero-order chi connectivity index (χ0) is 20.4. The van der Waals surface area contributed by atoms with E-state index in [4.69, 9.17) is 14.2 Å². The fourth-order valence-corrected chi connectivity index (χ4v) is 2.82. The van der Waals surface area contributed by atoms with Crippen LogP contribution in [0, 0.1) is 0 Å². The lowest BCUT2D eigenvalue weighted by Gasteiger charge is -2.24. The molecule has 0 N–H and O–H groups in total. The number of aromatic nitrogens is 2. The molecular formula is C20H15F3N2O4. The van der Waals surface area contributed by atoms with Crippen molar-refractivity contribution in [1.29, 1.82) is 0 Å². The molecule has 0 fully saturated rings. The van der Waals surface area contributed by atoms with Crippen LogP contribution in [0.5, 0.6) is 17.5 Å². The van der Waals surface area contributed by atoms with Crippen molar-refractivity contribution >= 4 is 0 Å². The predicted octanol–water partition coefficient (Wildman–Crippen LogP) is 3.51. The number of alkyl halides is 3. The molecule has 0 saturated heterocycles. The van der Waals surface area contributed by atoms with Crippen LogP contribution >= 0.6 is 0 Å². The highest BCUT2D eigenvalue weighted by Crippen LogP contribution is 2.31.